The highest BCUT2D eigenvalue weighted by Crippen LogP contribution is 2.24. The van der Waals surface area contributed by atoms with Gasteiger partial charge in [-0.1, -0.05) is 12.1 Å². The van der Waals surface area contributed by atoms with E-state index >= 15 is 0 Å². The number of halogens is 1. The number of likely N-dealkylation sites (N-methyl/N-ethyl adjacent to an activating group) is 1. The normalized spacial score (nSPS) is 13.3. The van der Waals surface area contributed by atoms with Crippen LogP contribution in [0, 0.1) is 0 Å². The van der Waals surface area contributed by atoms with Crippen LogP contribution in [0.1, 0.15) is 32.5 Å². The van der Waals surface area contributed by atoms with Gasteiger partial charge in [0.05, 0.1) is 21.5 Å². The number of amides is 3. The molecule has 0 radical (unpaired) electrons. The van der Waals surface area contributed by atoms with Crippen LogP contribution < -0.4 is 0 Å². The number of hydrogen-bond acceptors (Lipinski definition) is 4. The average molecular weight is 407 g/mol. The van der Waals surface area contributed by atoms with E-state index in [0.717, 1.165) is 13.6 Å². The van der Waals surface area contributed by atoms with Gasteiger partial charge in [0.1, 0.15) is 6.54 Å². The first-order valence-electron chi connectivity index (χ1n) is 7.48. The Morgan fingerprint density at radius 3 is 2.25 bits per heavy atom. The summed E-state index contributed by atoms with van der Waals surface area (Å²) in [4.78, 5) is 41.0. The molecule has 2 aromatic rings. The van der Waals surface area contributed by atoms with Crippen LogP contribution in [0.15, 0.2) is 40.2 Å². The van der Waals surface area contributed by atoms with Crippen LogP contribution in [0.5, 0.6) is 0 Å². The average Bonchev–Trinajstić information content (AvgIpc) is 3.10. The van der Waals surface area contributed by atoms with Gasteiger partial charge in [-0.25, -0.2) is 0 Å². The first-order chi connectivity index (χ1) is 11.5. The van der Waals surface area contributed by atoms with Crippen molar-refractivity contribution in [2.45, 2.75) is 13.5 Å². The van der Waals surface area contributed by atoms with E-state index in [-0.39, 0.29) is 12.5 Å². The van der Waals surface area contributed by atoms with Gasteiger partial charge < -0.3 is 4.90 Å². The van der Waals surface area contributed by atoms with E-state index < -0.39 is 11.8 Å². The SMILES string of the molecule is CCN(Cc1ccc(Br)s1)C(=O)CN1C(=O)c2ccccc2C1=O. The highest BCUT2D eigenvalue weighted by Gasteiger charge is 2.36. The summed E-state index contributed by atoms with van der Waals surface area (Å²) in [7, 11) is 0. The van der Waals surface area contributed by atoms with Crippen molar-refractivity contribution in [1.82, 2.24) is 9.80 Å². The Morgan fingerprint density at radius 1 is 1.12 bits per heavy atom. The molecule has 5 nitrogen and oxygen atoms in total. The first-order valence-corrected chi connectivity index (χ1v) is 9.09. The second-order valence-corrected chi connectivity index (χ2v) is 7.90. The number of fused-ring (bicyclic) bond motifs is 1. The standard InChI is InChI=1S/C17H15BrN2O3S/c1-2-19(9-11-7-8-14(18)24-11)15(21)10-20-16(22)12-5-3-4-6-13(12)17(20)23/h3-8H,2,9-10H2,1H3. The van der Waals surface area contributed by atoms with Gasteiger partial charge in [0, 0.05) is 11.4 Å². The molecule has 0 saturated carbocycles. The van der Waals surface area contributed by atoms with E-state index in [1.165, 1.54) is 0 Å². The van der Waals surface area contributed by atoms with Gasteiger partial charge >= 0.3 is 0 Å². The molecule has 1 aromatic heterocycles. The largest absolute Gasteiger partial charge is 0.336 e. The van der Waals surface area contributed by atoms with Gasteiger partial charge in [0.2, 0.25) is 5.91 Å². The number of thiophene rings is 1. The summed E-state index contributed by atoms with van der Waals surface area (Å²) in [6, 6.07) is 10.5. The van der Waals surface area contributed by atoms with Crippen molar-refractivity contribution in [3.63, 3.8) is 0 Å². The van der Waals surface area contributed by atoms with E-state index in [1.54, 1.807) is 40.5 Å². The topological polar surface area (TPSA) is 57.7 Å². The van der Waals surface area contributed by atoms with Gasteiger partial charge in [-0.2, -0.15) is 0 Å². The van der Waals surface area contributed by atoms with E-state index in [0.29, 0.717) is 24.2 Å². The van der Waals surface area contributed by atoms with Gasteiger partial charge in [-0.3, -0.25) is 19.3 Å². The summed E-state index contributed by atoms with van der Waals surface area (Å²) in [6.07, 6.45) is 0. The number of rotatable bonds is 5. The van der Waals surface area contributed by atoms with Crippen molar-refractivity contribution in [2.75, 3.05) is 13.1 Å². The van der Waals surface area contributed by atoms with Crippen molar-refractivity contribution in [3.8, 4) is 0 Å². The minimum absolute atomic E-state index is 0.229. The molecule has 0 unspecified atom stereocenters. The highest BCUT2D eigenvalue weighted by molar-refractivity contribution is 9.11. The van der Waals surface area contributed by atoms with Crippen molar-refractivity contribution >= 4 is 45.0 Å². The molecule has 1 aliphatic heterocycles. The predicted octanol–water partition coefficient (Wildman–Crippen LogP) is 3.16. The van der Waals surface area contributed by atoms with Gasteiger partial charge in [-0.15, -0.1) is 11.3 Å². The van der Waals surface area contributed by atoms with Crippen LogP contribution >= 0.6 is 27.3 Å². The summed E-state index contributed by atoms with van der Waals surface area (Å²) in [5.74, 6) is -1.05. The molecule has 2 heterocycles. The van der Waals surface area contributed by atoms with Crippen LogP contribution in [0.3, 0.4) is 0 Å². The quantitative estimate of drug-likeness (QED) is 0.716. The molecule has 0 N–H and O–H groups in total. The predicted molar refractivity (Wildman–Crippen MR) is 94.9 cm³/mol. The summed E-state index contributed by atoms with van der Waals surface area (Å²) in [6.45, 7) is 2.63. The molecule has 124 valence electrons. The van der Waals surface area contributed by atoms with Crippen molar-refractivity contribution < 1.29 is 14.4 Å². The zero-order valence-electron chi connectivity index (χ0n) is 13.0. The smallest absolute Gasteiger partial charge is 0.262 e. The number of carbonyl (C=O) groups is 3. The molecule has 0 bridgehead atoms. The number of nitrogens with zero attached hydrogens (tertiary/aromatic N) is 2. The van der Waals surface area contributed by atoms with Gasteiger partial charge in [0.15, 0.2) is 0 Å². The van der Waals surface area contributed by atoms with E-state index in [1.807, 2.05) is 19.1 Å². The fourth-order valence-corrected chi connectivity index (χ4v) is 4.12. The molecule has 24 heavy (non-hydrogen) atoms. The van der Waals surface area contributed by atoms with E-state index in [9.17, 15) is 14.4 Å². The fraction of sp³-hybridized carbons (Fsp3) is 0.235. The number of hydrogen-bond donors (Lipinski definition) is 0. The van der Waals surface area contributed by atoms with Crippen molar-refractivity contribution in [1.29, 1.82) is 0 Å². The monoisotopic (exact) mass is 406 g/mol. The molecule has 1 aliphatic rings. The molecule has 0 spiro atoms. The summed E-state index contributed by atoms with van der Waals surface area (Å²) in [5, 5.41) is 0. The van der Waals surface area contributed by atoms with Crippen LogP contribution in [0.25, 0.3) is 0 Å². The zero-order chi connectivity index (χ0) is 17.3. The van der Waals surface area contributed by atoms with Crippen molar-refractivity contribution in [3.05, 3.63) is 56.2 Å². The fourth-order valence-electron chi connectivity index (χ4n) is 2.62. The minimum atomic E-state index is -0.404. The maximum absolute atomic E-state index is 12.6. The number of benzene rings is 1. The van der Waals surface area contributed by atoms with Crippen LogP contribution in [0.4, 0.5) is 0 Å². The number of carbonyl (C=O) groups excluding carboxylic acids is 3. The lowest BCUT2D eigenvalue weighted by atomic mass is 10.1. The molecule has 7 heteroatoms. The van der Waals surface area contributed by atoms with Crippen LogP contribution in [0.2, 0.25) is 0 Å². The Morgan fingerprint density at radius 2 is 1.75 bits per heavy atom. The lowest BCUT2D eigenvalue weighted by Gasteiger charge is -2.23. The summed E-state index contributed by atoms with van der Waals surface area (Å²) in [5.41, 5.74) is 0.723. The maximum atomic E-state index is 12.6. The minimum Gasteiger partial charge on any atom is -0.336 e. The zero-order valence-corrected chi connectivity index (χ0v) is 15.4. The van der Waals surface area contributed by atoms with Crippen molar-refractivity contribution in [2.24, 2.45) is 0 Å². The Balaban J connectivity index is 1.72. The lowest BCUT2D eigenvalue weighted by Crippen LogP contribution is -2.42. The maximum Gasteiger partial charge on any atom is 0.262 e. The Labute approximate surface area is 152 Å². The lowest BCUT2D eigenvalue weighted by molar-refractivity contribution is -0.131. The molecular weight excluding hydrogens is 392 g/mol. The third-order valence-electron chi connectivity index (χ3n) is 3.88. The van der Waals surface area contributed by atoms with Crippen LogP contribution in [-0.2, 0) is 11.3 Å². The second-order valence-electron chi connectivity index (χ2n) is 5.36. The molecule has 3 amide bonds. The van der Waals surface area contributed by atoms with E-state index in [2.05, 4.69) is 15.9 Å². The molecule has 0 atom stereocenters. The molecule has 0 saturated heterocycles. The third kappa shape index (κ3) is 3.14. The van der Waals surface area contributed by atoms with Gasteiger partial charge in [-0.05, 0) is 47.1 Å². The summed E-state index contributed by atoms with van der Waals surface area (Å²) >= 11 is 4.96. The Kier molecular flexibility index (Phi) is 4.82. The summed E-state index contributed by atoms with van der Waals surface area (Å²) < 4.78 is 1.00. The molecule has 0 aliphatic carbocycles. The molecular formula is C17H15BrN2O3S. The molecule has 1 aromatic carbocycles. The Bertz CT molecular complexity index is 783. The number of imide groups is 1. The van der Waals surface area contributed by atoms with E-state index in [4.69, 9.17) is 0 Å². The first kappa shape index (κ1) is 16.9. The van der Waals surface area contributed by atoms with Crippen LogP contribution in [-0.4, -0.2) is 40.6 Å². The second kappa shape index (κ2) is 6.86. The molecule has 3 rings (SSSR count). The van der Waals surface area contributed by atoms with Gasteiger partial charge in [0.25, 0.3) is 11.8 Å². The molecule has 0 fully saturated rings. The highest BCUT2D eigenvalue weighted by atomic mass is 79.9. The Hall–Kier alpha value is -1.99. The third-order valence-corrected chi connectivity index (χ3v) is 5.49.